The van der Waals surface area contributed by atoms with Crippen LogP contribution >= 0.6 is 0 Å². The van der Waals surface area contributed by atoms with Crippen LogP contribution < -0.4 is 0 Å². The fourth-order valence-corrected chi connectivity index (χ4v) is 11.5. The third-order valence-corrected chi connectivity index (χ3v) is 14.8. The van der Waals surface area contributed by atoms with Gasteiger partial charge >= 0.3 is 0 Å². The first kappa shape index (κ1) is 35.3. The third-order valence-electron chi connectivity index (χ3n) is 14.8. The van der Waals surface area contributed by atoms with Crippen LogP contribution in [0.15, 0.2) is 158 Å². The molecule has 0 fully saturated rings. The van der Waals surface area contributed by atoms with Gasteiger partial charge in [0.25, 0.3) is 0 Å². The molecule has 2 aromatic heterocycles. The molecule has 8 aromatic carbocycles. The van der Waals surface area contributed by atoms with Crippen molar-refractivity contribution >= 4 is 43.6 Å². The summed E-state index contributed by atoms with van der Waals surface area (Å²) in [6.45, 7) is 14.5. The van der Waals surface area contributed by atoms with Gasteiger partial charge in [0.1, 0.15) is 0 Å². The molecule has 0 bridgehead atoms. The minimum absolute atomic E-state index is 0.300. The molecule has 10 aromatic rings. The summed E-state index contributed by atoms with van der Waals surface area (Å²) in [5.41, 5.74) is 24.4. The van der Waals surface area contributed by atoms with E-state index in [1.165, 1.54) is 122 Å². The van der Waals surface area contributed by atoms with Crippen molar-refractivity contribution in [2.75, 3.05) is 0 Å². The van der Waals surface area contributed by atoms with E-state index in [1.54, 1.807) is 0 Å². The number of aromatic nitrogens is 2. The molecule has 0 spiro atoms. The van der Waals surface area contributed by atoms with E-state index in [0.29, 0.717) is 23.7 Å². The van der Waals surface area contributed by atoms with Crippen LogP contribution in [0.5, 0.6) is 0 Å². The second kappa shape index (κ2) is 12.9. The first-order valence-corrected chi connectivity index (χ1v) is 21.8. The van der Waals surface area contributed by atoms with Crippen molar-refractivity contribution in [1.29, 1.82) is 0 Å². The number of para-hydroxylation sites is 2. The second-order valence-corrected chi connectivity index (χ2v) is 17.9. The van der Waals surface area contributed by atoms with Crippen molar-refractivity contribution in [1.82, 2.24) is 9.13 Å². The summed E-state index contributed by atoms with van der Waals surface area (Å²) in [7, 11) is 0. The fourth-order valence-electron chi connectivity index (χ4n) is 11.5. The normalized spacial score (nSPS) is 18.2. The van der Waals surface area contributed by atoms with Gasteiger partial charge in [-0.25, -0.2) is 0 Å². The molecule has 4 atom stereocenters. The number of hydrogen-bond acceptors (Lipinski definition) is 0. The van der Waals surface area contributed by atoms with Crippen molar-refractivity contribution in [2.45, 2.75) is 65.2 Å². The lowest BCUT2D eigenvalue weighted by Crippen LogP contribution is -2.24. The molecule has 0 N–H and O–H groups in total. The van der Waals surface area contributed by atoms with Gasteiger partial charge in [-0.2, -0.15) is 0 Å². The minimum Gasteiger partial charge on any atom is -0.309 e. The van der Waals surface area contributed by atoms with Crippen LogP contribution in [0.2, 0.25) is 0 Å². The van der Waals surface area contributed by atoms with Crippen LogP contribution in [0.3, 0.4) is 0 Å². The molecule has 2 heterocycles. The molecule has 290 valence electrons. The van der Waals surface area contributed by atoms with E-state index >= 15 is 0 Å². The Balaban J connectivity index is 1.23. The maximum atomic E-state index is 2.61. The lowest BCUT2D eigenvalue weighted by Gasteiger charge is -2.42. The van der Waals surface area contributed by atoms with E-state index in [4.69, 9.17) is 0 Å². The van der Waals surface area contributed by atoms with Gasteiger partial charge in [0.2, 0.25) is 0 Å². The quantitative estimate of drug-likeness (QED) is 0.169. The van der Waals surface area contributed by atoms with Crippen molar-refractivity contribution < 1.29 is 0 Å². The van der Waals surface area contributed by atoms with Crippen LogP contribution in [-0.2, 0) is 0 Å². The summed E-state index contributed by atoms with van der Waals surface area (Å²) in [5, 5.41) is 5.39. The number of nitrogens with zero attached hydrogens (tertiary/aromatic N) is 2. The third kappa shape index (κ3) is 4.76. The number of rotatable bonds is 4. The monoisotopic (exact) mass is 772 g/mol. The predicted octanol–water partition coefficient (Wildman–Crippen LogP) is 15.9. The molecule has 2 heteroatoms. The van der Waals surface area contributed by atoms with Gasteiger partial charge in [0, 0.05) is 32.9 Å². The first-order valence-electron chi connectivity index (χ1n) is 21.8. The molecule has 2 nitrogen and oxygen atoms in total. The van der Waals surface area contributed by atoms with Crippen molar-refractivity contribution in [3.8, 4) is 44.8 Å². The Morgan fingerprint density at radius 1 is 0.367 bits per heavy atom. The Morgan fingerprint density at radius 2 is 0.750 bits per heavy atom. The first-order chi connectivity index (χ1) is 29.3. The molecule has 0 radical (unpaired) electrons. The molecule has 2 aliphatic carbocycles. The molecule has 0 amide bonds. The lowest BCUT2D eigenvalue weighted by molar-refractivity contribution is 0.584. The Labute approximate surface area is 352 Å². The molecule has 0 saturated carbocycles. The van der Waals surface area contributed by atoms with Gasteiger partial charge in [-0.15, -0.1) is 0 Å². The van der Waals surface area contributed by atoms with Crippen molar-refractivity contribution in [3.63, 3.8) is 0 Å². The SMILES string of the molecule is Cc1ccccc1-c1ccc2c(c1)c1cc3c4c(c1n2-c1ccccc1)C(C)C(C)c1cc2c5cc(-c6ccccc6C)ccc5n(-c5ccccc5)c2c(c1-4)C(C)C3C. The van der Waals surface area contributed by atoms with E-state index in [-0.39, 0.29) is 0 Å². The molecular weight excluding hydrogens is 725 g/mol. The van der Waals surface area contributed by atoms with Crippen LogP contribution in [0.25, 0.3) is 88.4 Å². The summed E-state index contributed by atoms with van der Waals surface area (Å²) < 4.78 is 5.18. The maximum absolute atomic E-state index is 2.61. The average molecular weight is 773 g/mol. The summed E-state index contributed by atoms with van der Waals surface area (Å²) >= 11 is 0. The summed E-state index contributed by atoms with van der Waals surface area (Å²) in [4.78, 5) is 0. The number of fused-ring (bicyclic) bond motifs is 8. The Kier molecular flexibility index (Phi) is 7.61. The van der Waals surface area contributed by atoms with Crippen LogP contribution in [0, 0.1) is 13.8 Å². The van der Waals surface area contributed by atoms with Gasteiger partial charge in [-0.1, -0.05) is 125 Å². The zero-order chi connectivity index (χ0) is 40.6. The number of aryl methyl sites for hydroxylation is 2. The zero-order valence-corrected chi connectivity index (χ0v) is 35.2. The van der Waals surface area contributed by atoms with Crippen LogP contribution in [0.1, 0.15) is 84.7 Å². The van der Waals surface area contributed by atoms with Gasteiger partial charge in [-0.05, 0) is 165 Å². The highest BCUT2D eigenvalue weighted by Crippen LogP contribution is 2.61. The van der Waals surface area contributed by atoms with E-state index in [9.17, 15) is 0 Å². The lowest BCUT2D eigenvalue weighted by atomic mass is 9.62. The van der Waals surface area contributed by atoms with Gasteiger partial charge in [0.05, 0.1) is 22.1 Å². The molecule has 2 aliphatic rings. The van der Waals surface area contributed by atoms with Gasteiger partial charge < -0.3 is 9.13 Å². The molecule has 60 heavy (non-hydrogen) atoms. The summed E-state index contributed by atoms with van der Waals surface area (Å²) in [6.07, 6.45) is 0. The van der Waals surface area contributed by atoms with Crippen LogP contribution in [0.4, 0.5) is 0 Å². The largest absolute Gasteiger partial charge is 0.309 e. The number of benzene rings is 8. The molecule has 0 saturated heterocycles. The summed E-state index contributed by atoms with van der Waals surface area (Å²) in [5.74, 6) is 1.23. The molecular formula is C58H48N2. The Hall–Kier alpha value is -6.64. The standard InChI is InChI=1S/C58H48N2/c1-33-17-13-15-23-43(33)39-25-27-51-47(29-39)49-31-45-35(3)38(6)54-56-46(36(4)37(5)53(55(45)56)57(49)59(51)41-19-9-7-10-20-41)32-50-48-30-40(44-24-16-14-18-34(44)2)26-28-52(48)60(58(50)54)42-21-11-8-12-22-42/h7-32,35-38H,1-6H3. The minimum atomic E-state index is 0.300. The summed E-state index contributed by atoms with van der Waals surface area (Å²) in [6, 6.07) is 59.4. The highest BCUT2D eigenvalue weighted by atomic mass is 15.0. The van der Waals surface area contributed by atoms with Crippen LogP contribution in [-0.4, -0.2) is 9.13 Å². The second-order valence-electron chi connectivity index (χ2n) is 17.9. The molecule has 4 unspecified atom stereocenters. The maximum Gasteiger partial charge on any atom is 0.0582 e. The Bertz CT molecular complexity index is 3170. The zero-order valence-electron chi connectivity index (χ0n) is 35.2. The van der Waals surface area contributed by atoms with E-state index < -0.39 is 0 Å². The molecule has 0 aliphatic heterocycles. The van der Waals surface area contributed by atoms with Crippen molar-refractivity contribution in [3.05, 3.63) is 191 Å². The predicted molar refractivity (Wildman–Crippen MR) is 255 cm³/mol. The van der Waals surface area contributed by atoms with Gasteiger partial charge in [-0.3, -0.25) is 0 Å². The highest BCUT2D eigenvalue weighted by molar-refractivity contribution is 6.17. The topological polar surface area (TPSA) is 9.86 Å². The van der Waals surface area contributed by atoms with E-state index in [2.05, 4.69) is 208 Å². The van der Waals surface area contributed by atoms with Gasteiger partial charge in [0.15, 0.2) is 0 Å². The Morgan fingerprint density at radius 3 is 1.15 bits per heavy atom. The van der Waals surface area contributed by atoms with E-state index in [1.807, 2.05) is 0 Å². The average Bonchev–Trinajstić information content (AvgIpc) is 3.79. The smallest absolute Gasteiger partial charge is 0.0582 e. The van der Waals surface area contributed by atoms with E-state index in [0.717, 1.165) is 0 Å². The molecule has 12 rings (SSSR count). The van der Waals surface area contributed by atoms with Crippen molar-refractivity contribution in [2.24, 2.45) is 0 Å². The fraction of sp³-hybridized carbons (Fsp3) is 0.172. The highest BCUT2D eigenvalue weighted by Gasteiger charge is 2.42. The number of hydrogen-bond donors (Lipinski definition) is 0.